The summed E-state index contributed by atoms with van der Waals surface area (Å²) in [7, 11) is 0. The number of aldehydes is 1. The second-order valence-electron chi connectivity index (χ2n) is 5.70. The standard InChI is InChI=1S/C15H20O2/c1-10(9-16)13-8-15(3)11(2)5-4-6-12(15)7-14(13)17/h7,9,11H,4-6,8H2,1-3H3/b13-10-/t11-,15+/m0/s1. The highest BCUT2D eigenvalue weighted by Gasteiger charge is 2.42. The first-order valence-electron chi connectivity index (χ1n) is 6.39. The molecule has 0 heterocycles. The smallest absolute Gasteiger partial charge is 0.182 e. The van der Waals surface area contributed by atoms with Crippen LogP contribution in [0.1, 0.15) is 46.5 Å². The van der Waals surface area contributed by atoms with E-state index in [1.54, 1.807) is 13.0 Å². The van der Waals surface area contributed by atoms with Crippen molar-refractivity contribution >= 4 is 12.1 Å². The molecule has 0 spiro atoms. The number of carbonyl (C=O) groups is 2. The van der Waals surface area contributed by atoms with Crippen LogP contribution in [0, 0.1) is 11.3 Å². The quantitative estimate of drug-likeness (QED) is 0.514. The molecule has 0 saturated heterocycles. The maximum absolute atomic E-state index is 12.0. The van der Waals surface area contributed by atoms with Crippen molar-refractivity contribution < 1.29 is 9.59 Å². The van der Waals surface area contributed by atoms with Gasteiger partial charge in [-0.2, -0.15) is 0 Å². The second-order valence-corrected chi connectivity index (χ2v) is 5.70. The van der Waals surface area contributed by atoms with E-state index in [-0.39, 0.29) is 11.2 Å². The Bertz CT molecular complexity index is 428. The molecule has 17 heavy (non-hydrogen) atoms. The Hall–Kier alpha value is -1.18. The summed E-state index contributed by atoms with van der Waals surface area (Å²) in [6.07, 6.45) is 6.78. The minimum Gasteiger partial charge on any atom is -0.298 e. The summed E-state index contributed by atoms with van der Waals surface area (Å²) in [4.78, 5) is 22.9. The van der Waals surface area contributed by atoms with Crippen molar-refractivity contribution in [1.29, 1.82) is 0 Å². The molecule has 0 aromatic heterocycles. The Balaban J connectivity index is 2.48. The first-order valence-corrected chi connectivity index (χ1v) is 6.39. The van der Waals surface area contributed by atoms with Crippen molar-refractivity contribution in [1.82, 2.24) is 0 Å². The van der Waals surface area contributed by atoms with Crippen molar-refractivity contribution in [3.63, 3.8) is 0 Å². The number of fused-ring (bicyclic) bond motifs is 1. The van der Waals surface area contributed by atoms with Crippen LogP contribution in [-0.4, -0.2) is 12.1 Å². The van der Waals surface area contributed by atoms with E-state index >= 15 is 0 Å². The van der Waals surface area contributed by atoms with Gasteiger partial charge in [0.2, 0.25) is 0 Å². The average molecular weight is 232 g/mol. The lowest BCUT2D eigenvalue weighted by atomic mass is 9.59. The van der Waals surface area contributed by atoms with Crippen LogP contribution in [0.15, 0.2) is 22.8 Å². The van der Waals surface area contributed by atoms with Gasteiger partial charge in [-0.15, -0.1) is 0 Å². The third-order valence-corrected chi connectivity index (χ3v) is 4.70. The van der Waals surface area contributed by atoms with Gasteiger partial charge in [0.25, 0.3) is 0 Å². The summed E-state index contributed by atoms with van der Waals surface area (Å²) >= 11 is 0. The zero-order valence-corrected chi connectivity index (χ0v) is 10.9. The zero-order chi connectivity index (χ0) is 12.6. The maximum Gasteiger partial charge on any atom is 0.182 e. The van der Waals surface area contributed by atoms with Gasteiger partial charge < -0.3 is 0 Å². The molecule has 1 fully saturated rings. The minimum absolute atomic E-state index is 0.0520. The van der Waals surface area contributed by atoms with E-state index in [0.717, 1.165) is 24.7 Å². The van der Waals surface area contributed by atoms with Crippen molar-refractivity contribution in [2.24, 2.45) is 11.3 Å². The number of allylic oxidation sites excluding steroid dienone is 4. The highest BCUT2D eigenvalue weighted by molar-refractivity contribution is 6.08. The molecule has 0 unspecified atom stereocenters. The van der Waals surface area contributed by atoms with E-state index in [1.165, 1.54) is 18.4 Å². The molecule has 0 aromatic carbocycles. The van der Waals surface area contributed by atoms with Gasteiger partial charge in [-0.05, 0) is 55.6 Å². The summed E-state index contributed by atoms with van der Waals surface area (Å²) < 4.78 is 0. The molecule has 2 rings (SSSR count). The van der Waals surface area contributed by atoms with Gasteiger partial charge in [-0.1, -0.05) is 19.4 Å². The summed E-state index contributed by atoms with van der Waals surface area (Å²) in [6.45, 7) is 6.25. The predicted octanol–water partition coefficient (Wildman–Crippen LogP) is 3.23. The van der Waals surface area contributed by atoms with Crippen LogP contribution in [0.3, 0.4) is 0 Å². The van der Waals surface area contributed by atoms with Crippen molar-refractivity contribution in [3.8, 4) is 0 Å². The van der Waals surface area contributed by atoms with E-state index in [9.17, 15) is 9.59 Å². The molecular formula is C15H20O2. The lowest BCUT2D eigenvalue weighted by molar-refractivity contribution is -0.113. The van der Waals surface area contributed by atoms with E-state index in [0.29, 0.717) is 11.5 Å². The Morgan fingerprint density at radius 3 is 2.88 bits per heavy atom. The van der Waals surface area contributed by atoms with Crippen molar-refractivity contribution in [2.75, 3.05) is 0 Å². The van der Waals surface area contributed by atoms with Gasteiger partial charge in [0.05, 0.1) is 0 Å². The largest absolute Gasteiger partial charge is 0.298 e. The lowest BCUT2D eigenvalue weighted by Crippen LogP contribution is -2.36. The molecule has 2 atom stereocenters. The van der Waals surface area contributed by atoms with Crippen LogP contribution in [0.2, 0.25) is 0 Å². The fraction of sp³-hybridized carbons (Fsp3) is 0.600. The first-order chi connectivity index (χ1) is 7.99. The number of ketones is 1. The summed E-state index contributed by atoms with van der Waals surface area (Å²) in [6, 6.07) is 0. The van der Waals surface area contributed by atoms with Gasteiger partial charge in [-0.25, -0.2) is 0 Å². The van der Waals surface area contributed by atoms with E-state index in [1.807, 2.05) is 0 Å². The number of hydrogen-bond acceptors (Lipinski definition) is 2. The van der Waals surface area contributed by atoms with Crippen LogP contribution < -0.4 is 0 Å². The summed E-state index contributed by atoms with van der Waals surface area (Å²) in [5.41, 5.74) is 2.71. The molecule has 2 aliphatic rings. The van der Waals surface area contributed by atoms with Crippen LogP contribution >= 0.6 is 0 Å². The Labute approximate surface area is 103 Å². The fourth-order valence-corrected chi connectivity index (χ4v) is 3.15. The molecular weight excluding hydrogens is 212 g/mol. The summed E-state index contributed by atoms with van der Waals surface area (Å²) in [5.74, 6) is 0.640. The Morgan fingerprint density at radius 1 is 1.53 bits per heavy atom. The SMILES string of the molecule is C/C(C=O)=C1\C[C@@]2(C)C(=CC1=O)CCC[C@@H]2C. The average Bonchev–Trinajstić information content (AvgIpc) is 2.31. The molecule has 1 saturated carbocycles. The fourth-order valence-electron chi connectivity index (χ4n) is 3.15. The zero-order valence-electron chi connectivity index (χ0n) is 10.9. The Kier molecular flexibility index (Phi) is 3.07. The molecule has 0 N–H and O–H groups in total. The van der Waals surface area contributed by atoms with Crippen molar-refractivity contribution in [2.45, 2.75) is 46.5 Å². The third kappa shape index (κ3) is 1.90. The van der Waals surface area contributed by atoms with Gasteiger partial charge in [0, 0.05) is 5.57 Å². The third-order valence-electron chi connectivity index (χ3n) is 4.70. The molecule has 0 aliphatic heterocycles. The van der Waals surface area contributed by atoms with Crippen LogP contribution in [0.5, 0.6) is 0 Å². The highest BCUT2D eigenvalue weighted by Crippen LogP contribution is 2.51. The van der Waals surface area contributed by atoms with Gasteiger partial charge >= 0.3 is 0 Å². The summed E-state index contributed by atoms with van der Waals surface area (Å²) in [5, 5.41) is 0. The number of hydrogen-bond donors (Lipinski definition) is 0. The molecule has 2 aliphatic carbocycles. The molecule has 0 radical (unpaired) electrons. The molecule has 2 nitrogen and oxygen atoms in total. The maximum atomic E-state index is 12.0. The van der Waals surface area contributed by atoms with Crippen LogP contribution in [0.25, 0.3) is 0 Å². The highest BCUT2D eigenvalue weighted by atomic mass is 16.1. The molecule has 2 heteroatoms. The normalized spacial score (nSPS) is 36.1. The van der Waals surface area contributed by atoms with E-state index in [4.69, 9.17) is 0 Å². The number of carbonyl (C=O) groups excluding carboxylic acids is 2. The monoisotopic (exact) mass is 232 g/mol. The van der Waals surface area contributed by atoms with Crippen LogP contribution in [0.4, 0.5) is 0 Å². The van der Waals surface area contributed by atoms with Gasteiger partial charge in [0.15, 0.2) is 5.78 Å². The number of rotatable bonds is 1. The van der Waals surface area contributed by atoms with E-state index < -0.39 is 0 Å². The van der Waals surface area contributed by atoms with Crippen LogP contribution in [-0.2, 0) is 9.59 Å². The Morgan fingerprint density at radius 2 is 2.24 bits per heavy atom. The lowest BCUT2D eigenvalue weighted by Gasteiger charge is -2.45. The van der Waals surface area contributed by atoms with Crippen molar-refractivity contribution in [3.05, 3.63) is 22.8 Å². The van der Waals surface area contributed by atoms with E-state index in [2.05, 4.69) is 13.8 Å². The predicted molar refractivity (Wildman–Crippen MR) is 67.6 cm³/mol. The minimum atomic E-state index is 0.0520. The molecule has 0 aromatic rings. The topological polar surface area (TPSA) is 34.1 Å². The molecule has 0 bridgehead atoms. The second kappa shape index (κ2) is 4.25. The van der Waals surface area contributed by atoms with Gasteiger partial charge in [-0.3, -0.25) is 9.59 Å². The van der Waals surface area contributed by atoms with Gasteiger partial charge in [0.1, 0.15) is 6.29 Å². The first kappa shape index (κ1) is 12.3. The molecule has 92 valence electrons. The molecule has 0 amide bonds.